The van der Waals surface area contributed by atoms with E-state index in [0.29, 0.717) is 5.57 Å². The Morgan fingerprint density at radius 3 is 1.97 bits per heavy atom. The van der Waals surface area contributed by atoms with Crippen LogP contribution in [0.4, 0.5) is 0 Å². The third-order valence-electron chi connectivity index (χ3n) is 6.23. The molecule has 0 radical (unpaired) electrons. The van der Waals surface area contributed by atoms with Gasteiger partial charge in [-0.2, -0.15) is 0 Å². The Hall–Kier alpha value is -3.01. The molecule has 0 aromatic heterocycles. The maximum atomic E-state index is 13.4. The fourth-order valence-corrected chi connectivity index (χ4v) is 4.64. The van der Waals surface area contributed by atoms with Crippen LogP contribution in [0, 0.1) is 0 Å². The molecule has 0 spiro atoms. The monoisotopic (exact) mass is 412 g/mol. The second-order valence-electron chi connectivity index (χ2n) is 7.85. The minimum absolute atomic E-state index is 0.140. The summed E-state index contributed by atoms with van der Waals surface area (Å²) in [6.07, 6.45) is 7.97. The molecule has 158 valence electrons. The molecule has 2 aliphatic carbocycles. The third-order valence-corrected chi connectivity index (χ3v) is 6.23. The average Bonchev–Trinajstić information content (AvgIpc) is 2.84. The summed E-state index contributed by atoms with van der Waals surface area (Å²) in [7, 11) is 3.07. The molecular weight excluding hydrogens is 384 g/mol. The van der Waals surface area contributed by atoms with Gasteiger partial charge in [0.15, 0.2) is 0 Å². The van der Waals surface area contributed by atoms with Crippen LogP contribution in [-0.4, -0.2) is 25.8 Å². The molecule has 0 aliphatic heterocycles. The number of ether oxygens (including phenoxy) is 2. The van der Waals surface area contributed by atoms with Crippen molar-refractivity contribution in [3.05, 3.63) is 113 Å². The van der Waals surface area contributed by atoms with E-state index in [2.05, 4.69) is 30.8 Å². The second-order valence-corrected chi connectivity index (χ2v) is 7.85. The smallest absolute Gasteiger partial charge is 0.261 e. The van der Waals surface area contributed by atoms with E-state index in [1.165, 1.54) is 19.8 Å². The molecule has 0 bridgehead atoms. The van der Waals surface area contributed by atoms with E-state index in [-0.39, 0.29) is 5.78 Å². The minimum Gasteiger partial charge on any atom is -0.343 e. The SMILES string of the molecule is C=CC1=C(C2=C(C=C(c3ccccc3)c3ccccc3)C(=O)C2(OC)OC)CCCC1. The van der Waals surface area contributed by atoms with Crippen molar-refractivity contribution >= 4 is 11.4 Å². The lowest BCUT2D eigenvalue weighted by Gasteiger charge is -2.43. The molecule has 2 aliphatic rings. The lowest BCUT2D eigenvalue weighted by molar-refractivity contribution is -0.194. The van der Waals surface area contributed by atoms with E-state index in [4.69, 9.17) is 9.47 Å². The van der Waals surface area contributed by atoms with Crippen molar-refractivity contribution in [3.63, 3.8) is 0 Å². The molecule has 0 saturated heterocycles. The highest BCUT2D eigenvalue weighted by Gasteiger charge is 2.56. The molecule has 0 unspecified atom stereocenters. The zero-order valence-electron chi connectivity index (χ0n) is 18.2. The van der Waals surface area contributed by atoms with Crippen molar-refractivity contribution in [2.75, 3.05) is 14.2 Å². The van der Waals surface area contributed by atoms with Crippen LogP contribution < -0.4 is 0 Å². The van der Waals surface area contributed by atoms with E-state index >= 15 is 0 Å². The lowest BCUT2D eigenvalue weighted by Crippen LogP contribution is -2.54. The highest BCUT2D eigenvalue weighted by Crippen LogP contribution is 2.48. The number of allylic oxidation sites excluding steroid dienone is 3. The maximum absolute atomic E-state index is 13.4. The van der Waals surface area contributed by atoms with Gasteiger partial charge >= 0.3 is 0 Å². The van der Waals surface area contributed by atoms with Gasteiger partial charge in [-0.25, -0.2) is 0 Å². The van der Waals surface area contributed by atoms with Gasteiger partial charge in [0.25, 0.3) is 5.79 Å². The van der Waals surface area contributed by atoms with Gasteiger partial charge in [-0.15, -0.1) is 0 Å². The van der Waals surface area contributed by atoms with Crippen LogP contribution >= 0.6 is 0 Å². The minimum atomic E-state index is -1.34. The Kier molecular flexibility index (Phi) is 6.17. The average molecular weight is 413 g/mol. The van der Waals surface area contributed by atoms with E-state index < -0.39 is 5.79 Å². The summed E-state index contributed by atoms with van der Waals surface area (Å²) in [5, 5.41) is 0. The largest absolute Gasteiger partial charge is 0.343 e. The van der Waals surface area contributed by atoms with E-state index in [9.17, 15) is 4.79 Å². The predicted molar refractivity (Wildman–Crippen MR) is 124 cm³/mol. The number of carbonyl (C=O) groups is 1. The zero-order valence-corrected chi connectivity index (χ0v) is 18.2. The molecule has 0 atom stereocenters. The Labute approximate surface area is 184 Å². The van der Waals surface area contributed by atoms with Crippen molar-refractivity contribution in [2.24, 2.45) is 0 Å². The van der Waals surface area contributed by atoms with Crippen LogP contribution in [0.3, 0.4) is 0 Å². The van der Waals surface area contributed by atoms with Crippen LogP contribution in [0.25, 0.3) is 5.57 Å². The van der Waals surface area contributed by atoms with Crippen molar-refractivity contribution in [3.8, 4) is 0 Å². The van der Waals surface area contributed by atoms with Gasteiger partial charge in [0.2, 0.25) is 5.78 Å². The highest BCUT2D eigenvalue weighted by atomic mass is 16.7. The van der Waals surface area contributed by atoms with Crippen LogP contribution in [0.2, 0.25) is 0 Å². The normalized spacial score (nSPS) is 17.9. The lowest BCUT2D eigenvalue weighted by atomic mass is 9.70. The van der Waals surface area contributed by atoms with Crippen LogP contribution in [0.15, 0.2) is 102 Å². The van der Waals surface area contributed by atoms with Gasteiger partial charge in [0, 0.05) is 25.4 Å². The van der Waals surface area contributed by atoms with Crippen LogP contribution in [0.1, 0.15) is 36.8 Å². The summed E-state index contributed by atoms with van der Waals surface area (Å²) in [6, 6.07) is 20.3. The number of hydrogen-bond acceptors (Lipinski definition) is 3. The van der Waals surface area contributed by atoms with Crippen molar-refractivity contribution in [2.45, 2.75) is 31.5 Å². The number of Topliss-reactive ketones (excluding diaryl/α,β-unsaturated/α-hetero) is 1. The number of ketones is 1. The molecule has 0 fully saturated rings. The van der Waals surface area contributed by atoms with Gasteiger partial charge < -0.3 is 9.47 Å². The van der Waals surface area contributed by atoms with Gasteiger partial charge in [-0.3, -0.25) is 4.79 Å². The highest BCUT2D eigenvalue weighted by molar-refractivity contribution is 6.16. The Bertz CT molecular complexity index is 1030. The van der Waals surface area contributed by atoms with Gasteiger partial charge in [-0.05, 0) is 59.6 Å². The molecular formula is C28H28O3. The quantitative estimate of drug-likeness (QED) is 0.520. The van der Waals surface area contributed by atoms with Gasteiger partial charge in [0.1, 0.15) is 0 Å². The first kappa shape index (κ1) is 21.2. The summed E-state index contributed by atoms with van der Waals surface area (Å²) in [4.78, 5) is 13.4. The number of methoxy groups -OCH3 is 2. The molecule has 0 amide bonds. The molecule has 4 rings (SSSR count). The van der Waals surface area contributed by atoms with Crippen LogP contribution in [-0.2, 0) is 14.3 Å². The first-order chi connectivity index (χ1) is 15.2. The van der Waals surface area contributed by atoms with E-state index in [1.54, 1.807) is 0 Å². The summed E-state index contributed by atoms with van der Waals surface area (Å²) < 4.78 is 11.4. The fraction of sp³-hybridized carbons (Fsp3) is 0.250. The van der Waals surface area contributed by atoms with E-state index in [0.717, 1.165) is 53.5 Å². The first-order valence-corrected chi connectivity index (χ1v) is 10.7. The zero-order chi connectivity index (χ0) is 21.8. The summed E-state index contributed by atoms with van der Waals surface area (Å²) in [5.41, 5.74) is 6.93. The van der Waals surface area contributed by atoms with Crippen molar-refractivity contribution in [1.82, 2.24) is 0 Å². The molecule has 31 heavy (non-hydrogen) atoms. The summed E-state index contributed by atoms with van der Waals surface area (Å²) in [6.45, 7) is 4.01. The Morgan fingerprint density at radius 2 is 1.45 bits per heavy atom. The molecule has 3 heteroatoms. The summed E-state index contributed by atoms with van der Waals surface area (Å²) >= 11 is 0. The molecule has 3 nitrogen and oxygen atoms in total. The third kappa shape index (κ3) is 3.65. The Morgan fingerprint density at radius 1 is 0.903 bits per heavy atom. The fourth-order valence-electron chi connectivity index (χ4n) is 4.64. The molecule has 0 heterocycles. The number of benzene rings is 2. The summed E-state index contributed by atoms with van der Waals surface area (Å²) in [5.74, 6) is -1.48. The molecule has 2 aromatic carbocycles. The standard InChI is InChI=1S/C28H28O3/c1-4-20-13-11-12-18-23(20)26-25(27(29)28(26,30-2)31-3)19-24(21-14-7-5-8-15-21)22-16-9-6-10-17-22/h4-10,14-17,19H,1,11-13,18H2,2-3H3. The Balaban J connectivity index is 1.97. The maximum Gasteiger partial charge on any atom is 0.261 e. The molecule has 0 N–H and O–H groups in total. The van der Waals surface area contributed by atoms with Gasteiger partial charge in [-0.1, -0.05) is 73.3 Å². The molecule has 0 saturated carbocycles. The molecule has 2 aromatic rings. The van der Waals surface area contributed by atoms with Crippen molar-refractivity contribution < 1.29 is 14.3 Å². The van der Waals surface area contributed by atoms with Crippen molar-refractivity contribution in [1.29, 1.82) is 0 Å². The first-order valence-electron chi connectivity index (χ1n) is 10.7. The predicted octanol–water partition coefficient (Wildman–Crippen LogP) is 6.04. The number of carbonyl (C=O) groups excluding carboxylic acids is 1. The number of rotatable bonds is 7. The van der Waals surface area contributed by atoms with Crippen LogP contribution in [0.5, 0.6) is 0 Å². The topological polar surface area (TPSA) is 35.5 Å². The second kappa shape index (κ2) is 9.01. The van der Waals surface area contributed by atoms with Gasteiger partial charge in [0.05, 0.1) is 0 Å². The van der Waals surface area contributed by atoms with E-state index in [1.807, 2.05) is 48.6 Å². The number of hydrogen-bond donors (Lipinski definition) is 0.